The summed E-state index contributed by atoms with van der Waals surface area (Å²) < 4.78 is 0. The fraction of sp³-hybridized carbons (Fsp3) is 0.122. The number of fused-ring (bicyclic) bond motifs is 6. The van der Waals surface area contributed by atoms with Gasteiger partial charge in [-0.1, -0.05) is 146 Å². The Morgan fingerprint density at radius 2 is 1.12 bits per heavy atom. The Hall–Kier alpha value is -4.72. The Morgan fingerprint density at radius 1 is 0.524 bits per heavy atom. The Labute approximate surface area is 248 Å². The summed E-state index contributed by atoms with van der Waals surface area (Å²) in [6.45, 7) is 1.80. The third kappa shape index (κ3) is 3.81. The molecule has 1 heteroatoms. The highest BCUT2D eigenvalue weighted by atomic mass is 15.1. The summed E-state index contributed by atoms with van der Waals surface area (Å²) in [5.41, 5.74) is 16.2. The van der Waals surface area contributed by atoms with Crippen LogP contribution in [0.15, 0.2) is 146 Å². The van der Waals surface area contributed by atoms with Gasteiger partial charge in [-0.05, 0) is 80.2 Å². The van der Waals surface area contributed by atoms with Crippen LogP contribution in [0.5, 0.6) is 0 Å². The first-order chi connectivity index (χ1) is 20.7. The van der Waals surface area contributed by atoms with Crippen LogP contribution >= 0.6 is 0 Å². The molecule has 0 fully saturated rings. The molecule has 0 aliphatic heterocycles. The van der Waals surface area contributed by atoms with E-state index in [1.54, 1.807) is 0 Å². The van der Waals surface area contributed by atoms with E-state index in [2.05, 4.69) is 158 Å². The van der Waals surface area contributed by atoms with E-state index in [1.165, 1.54) is 66.8 Å². The van der Waals surface area contributed by atoms with Gasteiger partial charge in [-0.15, -0.1) is 0 Å². The van der Waals surface area contributed by atoms with Gasteiger partial charge in [0.1, 0.15) is 0 Å². The fourth-order valence-electron chi connectivity index (χ4n) is 7.68. The highest BCUT2D eigenvalue weighted by Crippen LogP contribution is 2.56. The van der Waals surface area contributed by atoms with Crippen molar-refractivity contribution in [3.05, 3.63) is 190 Å². The molecule has 2 aliphatic carbocycles. The first-order valence-electron chi connectivity index (χ1n) is 15.0. The molecule has 0 spiro atoms. The quantitative estimate of drug-likeness (QED) is 0.204. The molecule has 0 saturated heterocycles. The molecule has 8 rings (SSSR count). The molecule has 6 aromatic carbocycles. The van der Waals surface area contributed by atoms with Crippen molar-refractivity contribution in [2.45, 2.75) is 24.9 Å². The van der Waals surface area contributed by atoms with E-state index in [-0.39, 0.29) is 5.41 Å². The summed E-state index contributed by atoms with van der Waals surface area (Å²) >= 11 is 0. The average molecular weight is 540 g/mol. The number of hydrogen-bond acceptors (Lipinski definition) is 1. The average Bonchev–Trinajstić information content (AvgIpc) is 3.56. The molecule has 1 nitrogen and oxygen atoms in total. The van der Waals surface area contributed by atoms with Crippen LogP contribution in [-0.2, 0) is 24.9 Å². The summed E-state index contributed by atoms with van der Waals surface area (Å²) in [4.78, 5) is 2.46. The third-order valence-corrected chi connectivity index (χ3v) is 9.32. The molecule has 6 aromatic rings. The second-order valence-electron chi connectivity index (χ2n) is 11.9. The lowest BCUT2D eigenvalue weighted by Gasteiger charge is -2.34. The second kappa shape index (κ2) is 9.98. The fourth-order valence-corrected chi connectivity index (χ4v) is 7.68. The maximum Gasteiger partial charge on any atom is 0.0713 e. The Bertz CT molecular complexity index is 1890. The third-order valence-electron chi connectivity index (χ3n) is 9.32. The van der Waals surface area contributed by atoms with Crippen LogP contribution in [0.2, 0.25) is 0 Å². The molecule has 2 aliphatic rings. The Kier molecular flexibility index (Phi) is 5.94. The van der Waals surface area contributed by atoms with Crippen molar-refractivity contribution in [1.29, 1.82) is 0 Å². The monoisotopic (exact) mass is 539 g/mol. The van der Waals surface area contributed by atoms with Crippen molar-refractivity contribution in [3.8, 4) is 22.3 Å². The van der Waals surface area contributed by atoms with Gasteiger partial charge in [-0.2, -0.15) is 0 Å². The first-order valence-corrected chi connectivity index (χ1v) is 15.0. The highest BCUT2D eigenvalue weighted by Gasteiger charge is 2.45. The van der Waals surface area contributed by atoms with E-state index in [0.717, 1.165) is 19.5 Å². The van der Waals surface area contributed by atoms with Crippen LogP contribution < -0.4 is 0 Å². The standard InChI is InChI=1S/C41H33N/c1-42(28-32-16-12-15-31-26-30-14-5-6-20-35(30)40(31)32)27-29-13-11-19-34(25-29)41(33-17-3-2-4-18-33)38-23-9-7-21-36(38)37-22-8-10-24-39(37)41/h2-25H,26-28H2,1H3. The van der Waals surface area contributed by atoms with E-state index < -0.39 is 0 Å². The van der Waals surface area contributed by atoms with Crippen molar-refractivity contribution < 1.29 is 0 Å². The molecule has 0 saturated carbocycles. The number of benzene rings is 6. The van der Waals surface area contributed by atoms with Crippen LogP contribution in [0.1, 0.15) is 44.5 Å². The molecule has 0 heterocycles. The van der Waals surface area contributed by atoms with E-state index >= 15 is 0 Å². The van der Waals surface area contributed by atoms with Gasteiger partial charge in [0.05, 0.1) is 5.41 Å². The minimum atomic E-state index is -0.354. The summed E-state index contributed by atoms with van der Waals surface area (Å²) in [6.07, 6.45) is 1.04. The van der Waals surface area contributed by atoms with Crippen molar-refractivity contribution in [2.24, 2.45) is 0 Å². The lowest BCUT2D eigenvalue weighted by molar-refractivity contribution is 0.319. The molecule has 0 amide bonds. The van der Waals surface area contributed by atoms with Crippen LogP contribution in [0, 0.1) is 0 Å². The predicted octanol–water partition coefficient (Wildman–Crippen LogP) is 9.25. The molecule has 0 unspecified atom stereocenters. The largest absolute Gasteiger partial charge is 0.298 e. The zero-order valence-electron chi connectivity index (χ0n) is 23.9. The number of hydrogen-bond donors (Lipinski definition) is 0. The number of rotatable bonds is 6. The Morgan fingerprint density at radius 3 is 1.88 bits per heavy atom. The summed E-state index contributed by atoms with van der Waals surface area (Å²) in [5, 5.41) is 0. The van der Waals surface area contributed by atoms with E-state index in [0.29, 0.717) is 0 Å². The number of nitrogens with zero attached hydrogens (tertiary/aromatic N) is 1. The van der Waals surface area contributed by atoms with Crippen LogP contribution in [-0.4, -0.2) is 11.9 Å². The van der Waals surface area contributed by atoms with Gasteiger partial charge in [0.2, 0.25) is 0 Å². The molecule has 0 N–H and O–H groups in total. The van der Waals surface area contributed by atoms with Crippen molar-refractivity contribution in [2.75, 3.05) is 7.05 Å². The molecule has 0 aromatic heterocycles. The summed E-state index contributed by atoms with van der Waals surface area (Å²) in [5.74, 6) is 0. The zero-order valence-corrected chi connectivity index (χ0v) is 23.9. The van der Waals surface area contributed by atoms with Crippen LogP contribution in [0.4, 0.5) is 0 Å². The highest BCUT2D eigenvalue weighted by molar-refractivity contribution is 5.86. The van der Waals surface area contributed by atoms with Crippen molar-refractivity contribution in [1.82, 2.24) is 4.90 Å². The van der Waals surface area contributed by atoms with E-state index in [9.17, 15) is 0 Å². The zero-order chi connectivity index (χ0) is 28.1. The maximum atomic E-state index is 2.46. The van der Waals surface area contributed by atoms with E-state index in [1.807, 2.05) is 0 Å². The Balaban J connectivity index is 1.19. The van der Waals surface area contributed by atoms with Crippen molar-refractivity contribution in [3.63, 3.8) is 0 Å². The molecule has 0 bridgehead atoms. The van der Waals surface area contributed by atoms with Crippen molar-refractivity contribution >= 4 is 0 Å². The van der Waals surface area contributed by atoms with Gasteiger partial charge >= 0.3 is 0 Å². The summed E-state index contributed by atoms with van der Waals surface area (Å²) in [7, 11) is 2.25. The first kappa shape index (κ1) is 25.0. The molecular weight excluding hydrogens is 506 g/mol. The molecular formula is C41H33N. The van der Waals surface area contributed by atoms with Gasteiger partial charge in [-0.25, -0.2) is 0 Å². The molecule has 202 valence electrons. The molecule has 0 radical (unpaired) electrons. The second-order valence-corrected chi connectivity index (χ2v) is 11.9. The van der Waals surface area contributed by atoms with Crippen LogP contribution in [0.25, 0.3) is 22.3 Å². The molecule has 42 heavy (non-hydrogen) atoms. The maximum absolute atomic E-state index is 2.46. The van der Waals surface area contributed by atoms with Gasteiger partial charge in [0.15, 0.2) is 0 Å². The summed E-state index contributed by atoms with van der Waals surface area (Å²) in [6, 6.07) is 54.1. The van der Waals surface area contributed by atoms with Gasteiger partial charge in [0, 0.05) is 13.1 Å². The van der Waals surface area contributed by atoms with Gasteiger partial charge in [-0.3, -0.25) is 4.90 Å². The van der Waals surface area contributed by atoms with Gasteiger partial charge < -0.3 is 0 Å². The lowest BCUT2D eigenvalue weighted by atomic mass is 9.67. The van der Waals surface area contributed by atoms with E-state index in [4.69, 9.17) is 0 Å². The SMILES string of the molecule is CN(Cc1cccc(C2(c3ccccc3)c3ccccc3-c3ccccc32)c1)Cc1cccc2c1-c1ccccc1C2. The smallest absolute Gasteiger partial charge is 0.0713 e. The topological polar surface area (TPSA) is 3.24 Å². The molecule has 0 atom stereocenters. The van der Waals surface area contributed by atoms with Crippen LogP contribution in [0.3, 0.4) is 0 Å². The minimum absolute atomic E-state index is 0.354. The lowest BCUT2D eigenvalue weighted by Crippen LogP contribution is -2.29. The normalized spacial score (nSPS) is 13.9. The van der Waals surface area contributed by atoms with Gasteiger partial charge in [0.25, 0.3) is 0 Å². The minimum Gasteiger partial charge on any atom is -0.298 e. The predicted molar refractivity (Wildman–Crippen MR) is 174 cm³/mol.